The molecule has 0 bridgehead atoms. The van der Waals surface area contributed by atoms with Crippen LogP contribution >= 0.6 is 0 Å². The zero-order valence-electron chi connectivity index (χ0n) is 13.6. The van der Waals surface area contributed by atoms with Crippen molar-refractivity contribution in [1.29, 1.82) is 0 Å². The van der Waals surface area contributed by atoms with E-state index in [2.05, 4.69) is 5.32 Å². The number of amides is 1. The molecule has 0 aliphatic heterocycles. The maximum Gasteiger partial charge on any atom is 0.331 e. The van der Waals surface area contributed by atoms with Crippen LogP contribution in [0.25, 0.3) is 6.08 Å². The van der Waals surface area contributed by atoms with E-state index in [0.29, 0.717) is 5.56 Å². The third-order valence-corrected chi connectivity index (χ3v) is 3.06. The molecule has 1 N–H and O–H groups in total. The van der Waals surface area contributed by atoms with Crippen LogP contribution in [-0.2, 0) is 14.3 Å². The second kappa shape index (κ2) is 9.61. The van der Waals surface area contributed by atoms with Crippen molar-refractivity contribution in [3.63, 3.8) is 0 Å². The van der Waals surface area contributed by atoms with Gasteiger partial charge in [0.25, 0.3) is 5.91 Å². The van der Waals surface area contributed by atoms with Crippen LogP contribution in [0, 0.1) is 5.82 Å². The smallest absolute Gasteiger partial charge is 0.331 e. The van der Waals surface area contributed by atoms with E-state index in [1.165, 1.54) is 25.3 Å². The van der Waals surface area contributed by atoms with Crippen molar-refractivity contribution in [1.82, 2.24) is 5.32 Å². The Bertz CT molecular complexity index is 572. The second-order valence-corrected chi connectivity index (χ2v) is 5.09. The third kappa shape index (κ3) is 6.95. The lowest BCUT2D eigenvalue weighted by Crippen LogP contribution is -2.35. The summed E-state index contributed by atoms with van der Waals surface area (Å²) in [5.74, 6) is -1.40. The summed E-state index contributed by atoms with van der Waals surface area (Å²) in [6.45, 7) is 3.57. The van der Waals surface area contributed by atoms with Gasteiger partial charge in [-0.3, -0.25) is 4.79 Å². The fourth-order valence-electron chi connectivity index (χ4n) is 1.96. The highest BCUT2D eigenvalue weighted by molar-refractivity contribution is 5.89. The van der Waals surface area contributed by atoms with Crippen molar-refractivity contribution in [3.8, 4) is 5.75 Å². The Hall–Kier alpha value is -2.37. The molecule has 1 rings (SSSR count). The minimum absolute atomic E-state index is 0.0454. The van der Waals surface area contributed by atoms with Crippen LogP contribution in [0.5, 0.6) is 5.75 Å². The molecule has 0 spiro atoms. The quantitative estimate of drug-likeness (QED) is 0.590. The van der Waals surface area contributed by atoms with Gasteiger partial charge in [-0.15, -0.1) is 0 Å². The van der Waals surface area contributed by atoms with Gasteiger partial charge in [0, 0.05) is 12.1 Å². The molecular weight excluding hydrogens is 301 g/mol. The number of hydrogen-bond donors (Lipinski definition) is 1. The van der Waals surface area contributed by atoms with Crippen LogP contribution in [0.2, 0.25) is 0 Å². The van der Waals surface area contributed by atoms with E-state index >= 15 is 0 Å². The van der Waals surface area contributed by atoms with E-state index in [4.69, 9.17) is 9.47 Å². The second-order valence-electron chi connectivity index (χ2n) is 5.09. The maximum atomic E-state index is 13.5. The summed E-state index contributed by atoms with van der Waals surface area (Å²) >= 11 is 0. The van der Waals surface area contributed by atoms with Gasteiger partial charge in [-0.25, -0.2) is 9.18 Å². The molecular formula is C17H22FNO4. The summed E-state index contributed by atoms with van der Waals surface area (Å²) in [6.07, 6.45) is 4.37. The van der Waals surface area contributed by atoms with E-state index < -0.39 is 11.8 Å². The van der Waals surface area contributed by atoms with Crippen molar-refractivity contribution in [2.75, 3.05) is 13.7 Å². The lowest BCUT2D eigenvalue weighted by atomic mass is 10.2. The molecule has 6 heteroatoms. The van der Waals surface area contributed by atoms with Gasteiger partial charge in [0.1, 0.15) is 0 Å². The molecule has 0 heterocycles. The number of hydrogen-bond acceptors (Lipinski definition) is 4. The van der Waals surface area contributed by atoms with Crippen LogP contribution in [0.1, 0.15) is 32.3 Å². The Kier molecular flexibility index (Phi) is 7.80. The molecule has 1 amide bonds. The summed E-state index contributed by atoms with van der Waals surface area (Å²) in [4.78, 5) is 23.1. The summed E-state index contributed by atoms with van der Waals surface area (Å²) < 4.78 is 23.1. The summed E-state index contributed by atoms with van der Waals surface area (Å²) in [7, 11) is 1.37. The Labute approximate surface area is 135 Å². The SMILES string of the molecule is CCC[C@H](C)NC(=O)COC(=O)/C=C/c1ccc(OC)c(F)c1. The van der Waals surface area contributed by atoms with Crippen molar-refractivity contribution in [2.45, 2.75) is 32.7 Å². The number of nitrogens with one attached hydrogen (secondary N) is 1. The van der Waals surface area contributed by atoms with Gasteiger partial charge in [0.2, 0.25) is 0 Å². The fraction of sp³-hybridized carbons (Fsp3) is 0.412. The van der Waals surface area contributed by atoms with Crippen LogP contribution in [0.4, 0.5) is 4.39 Å². The normalized spacial score (nSPS) is 12.0. The topological polar surface area (TPSA) is 64.6 Å². The molecule has 5 nitrogen and oxygen atoms in total. The number of carbonyl (C=O) groups excluding carboxylic acids is 2. The van der Waals surface area contributed by atoms with Crippen LogP contribution in [0.3, 0.4) is 0 Å². The molecule has 0 fully saturated rings. The number of halogens is 1. The Morgan fingerprint density at radius 2 is 2.13 bits per heavy atom. The molecule has 1 aromatic carbocycles. The monoisotopic (exact) mass is 323 g/mol. The van der Waals surface area contributed by atoms with E-state index in [0.717, 1.165) is 18.9 Å². The first kappa shape index (κ1) is 18.7. The number of rotatable bonds is 8. The summed E-state index contributed by atoms with van der Waals surface area (Å²) in [5, 5.41) is 2.73. The molecule has 23 heavy (non-hydrogen) atoms. The van der Waals surface area contributed by atoms with E-state index in [9.17, 15) is 14.0 Å². The van der Waals surface area contributed by atoms with Gasteiger partial charge < -0.3 is 14.8 Å². The van der Waals surface area contributed by atoms with Gasteiger partial charge >= 0.3 is 5.97 Å². The predicted octanol–water partition coefficient (Wildman–Crippen LogP) is 2.70. The molecule has 0 aliphatic carbocycles. The average Bonchev–Trinajstić information content (AvgIpc) is 2.51. The van der Waals surface area contributed by atoms with Crippen molar-refractivity contribution in [2.24, 2.45) is 0 Å². The first-order valence-corrected chi connectivity index (χ1v) is 7.44. The highest BCUT2D eigenvalue weighted by atomic mass is 19.1. The van der Waals surface area contributed by atoms with Gasteiger partial charge in [-0.2, -0.15) is 0 Å². The molecule has 0 unspecified atom stereocenters. The van der Waals surface area contributed by atoms with Crippen molar-refractivity contribution < 1.29 is 23.5 Å². The molecule has 0 saturated heterocycles. The average molecular weight is 323 g/mol. The minimum Gasteiger partial charge on any atom is -0.494 e. The molecule has 1 aromatic rings. The highest BCUT2D eigenvalue weighted by Crippen LogP contribution is 2.18. The lowest BCUT2D eigenvalue weighted by Gasteiger charge is -2.12. The van der Waals surface area contributed by atoms with Gasteiger partial charge in [-0.05, 0) is 37.1 Å². The zero-order chi connectivity index (χ0) is 17.2. The number of methoxy groups -OCH3 is 1. The first-order valence-electron chi connectivity index (χ1n) is 7.44. The van der Waals surface area contributed by atoms with Crippen molar-refractivity contribution >= 4 is 18.0 Å². The fourth-order valence-corrected chi connectivity index (χ4v) is 1.96. The number of ether oxygens (including phenoxy) is 2. The van der Waals surface area contributed by atoms with Gasteiger partial charge in [-0.1, -0.05) is 19.4 Å². The summed E-state index contributed by atoms with van der Waals surface area (Å²) in [5.41, 5.74) is 0.487. The molecule has 0 radical (unpaired) electrons. The number of carbonyl (C=O) groups is 2. The first-order chi connectivity index (χ1) is 11.0. The molecule has 1 atom stereocenters. The third-order valence-electron chi connectivity index (χ3n) is 3.06. The van der Waals surface area contributed by atoms with Crippen LogP contribution in [-0.4, -0.2) is 31.6 Å². The largest absolute Gasteiger partial charge is 0.494 e. The van der Waals surface area contributed by atoms with Gasteiger partial charge in [0.05, 0.1) is 7.11 Å². The standard InChI is InChI=1S/C17H22FNO4/c1-4-5-12(2)19-16(20)11-23-17(21)9-7-13-6-8-15(22-3)14(18)10-13/h6-10,12H,4-5,11H2,1-3H3,(H,19,20)/b9-7+/t12-/m0/s1. The van der Waals surface area contributed by atoms with E-state index in [-0.39, 0.29) is 24.3 Å². The maximum absolute atomic E-state index is 13.5. The lowest BCUT2D eigenvalue weighted by molar-refractivity contribution is -0.144. The van der Waals surface area contributed by atoms with Crippen LogP contribution < -0.4 is 10.1 Å². The Balaban J connectivity index is 2.44. The zero-order valence-corrected chi connectivity index (χ0v) is 13.6. The molecule has 126 valence electrons. The van der Waals surface area contributed by atoms with Gasteiger partial charge in [0.15, 0.2) is 18.2 Å². The van der Waals surface area contributed by atoms with E-state index in [1.807, 2.05) is 13.8 Å². The molecule has 0 aromatic heterocycles. The minimum atomic E-state index is -0.667. The number of esters is 1. The summed E-state index contributed by atoms with van der Waals surface area (Å²) in [6, 6.07) is 4.35. The Morgan fingerprint density at radius 3 is 2.74 bits per heavy atom. The highest BCUT2D eigenvalue weighted by Gasteiger charge is 2.08. The van der Waals surface area contributed by atoms with Crippen LogP contribution in [0.15, 0.2) is 24.3 Å². The molecule has 0 saturated carbocycles. The Morgan fingerprint density at radius 1 is 1.39 bits per heavy atom. The number of benzene rings is 1. The van der Waals surface area contributed by atoms with E-state index in [1.54, 1.807) is 6.07 Å². The predicted molar refractivity (Wildman–Crippen MR) is 85.5 cm³/mol. The van der Waals surface area contributed by atoms with Crippen molar-refractivity contribution in [3.05, 3.63) is 35.7 Å². The molecule has 0 aliphatic rings.